The smallest absolute Gasteiger partial charge is 0.283 e. The van der Waals surface area contributed by atoms with Crippen LogP contribution in [0.25, 0.3) is 10.9 Å². The molecule has 122 valence electrons. The van der Waals surface area contributed by atoms with Crippen molar-refractivity contribution < 1.29 is 18.0 Å². The summed E-state index contributed by atoms with van der Waals surface area (Å²) in [6.45, 7) is -1.42. The fourth-order valence-electron chi connectivity index (χ4n) is 2.38. The molecule has 0 fully saturated rings. The van der Waals surface area contributed by atoms with Gasteiger partial charge in [0, 0.05) is 23.3 Å². The third-order valence-corrected chi connectivity index (χ3v) is 3.38. The number of fused-ring (bicyclic) bond motifs is 1. The van der Waals surface area contributed by atoms with E-state index in [1.807, 2.05) is 0 Å². The van der Waals surface area contributed by atoms with Crippen LogP contribution in [0.3, 0.4) is 0 Å². The number of amides is 1. The first kappa shape index (κ1) is 15.9. The molecule has 1 amide bonds. The second-order valence-corrected chi connectivity index (χ2v) is 5.07. The van der Waals surface area contributed by atoms with Gasteiger partial charge in [-0.3, -0.25) is 14.7 Å². The van der Waals surface area contributed by atoms with Crippen LogP contribution >= 0.6 is 0 Å². The number of carbonyl (C=O) groups excluding carboxylic acids is 1. The van der Waals surface area contributed by atoms with Gasteiger partial charge in [-0.05, 0) is 30.3 Å². The molecule has 0 aliphatic heterocycles. The van der Waals surface area contributed by atoms with E-state index in [1.165, 1.54) is 24.4 Å². The molecule has 7 heteroatoms. The van der Waals surface area contributed by atoms with E-state index in [0.29, 0.717) is 15.8 Å². The van der Waals surface area contributed by atoms with Crippen molar-refractivity contribution >= 4 is 22.6 Å². The van der Waals surface area contributed by atoms with E-state index in [9.17, 15) is 18.0 Å². The monoisotopic (exact) mass is 331 g/mol. The van der Waals surface area contributed by atoms with Gasteiger partial charge in [-0.1, -0.05) is 18.2 Å². The van der Waals surface area contributed by atoms with Gasteiger partial charge in [0.1, 0.15) is 12.4 Å². The summed E-state index contributed by atoms with van der Waals surface area (Å²) in [7, 11) is 0. The van der Waals surface area contributed by atoms with Crippen LogP contribution < -0.4 is 4.90 Å². The van der Waals surface area contributed by atoms with Crippen molar-refractivity contribution in [2.75, 3.05) is 11.4 Å². The molecule has 0 unspecified atom stereocenters. The Kier molecular flexibility index (Phi) is 4.16. The molecule has 0 spiro atoms. The van der Waals surface area contributed by atoms with Crippen molar-refractivity contribution in [1.82, 2.24) is 9.97 Å². The highest BCUT2D eigenvalue weighted by molar-refractivity contribution is 6.13. The molecule has 3 aromatic rings. The Hall–Kier alpha value is -2.96. The summed E-state index contributed by atoms with van der Waals surface area (Å²) in [5.74, 6) is -0.828. The number of benzene rings is 1. The lowest BCUT2D eigenvalue weighted by Gasteiger charge is -2.23. The number of alkyl halides is 3. The van der Waals surface area contributed by atoms with Crippen molar-refractivity contribution in [3.05, 3.63) is 66.5 Å². The van der Waals surface area contributed by atoms with Crippen LogP contribution in [0.2, 0.25) is 0 Å². The highest BCUT2D eigenvalue weighted by Gasteiger charge is 2.35. The first-order valence-corrected chi connectivity index (χ1v) is 7.09. The van der Waals surface area contributed by atoms with Crippen LogP contribution in [-0.4, -0.2) is 28.6 Å². The lowest BCUT2D eigenvalue weighted by Crippen LogP contribution is -2.39. The Morgan fingerprint density at radius 1 is 0.958 bits per heavy atom. The maximum absolute atomic E-state index is 12.9. The average Bonchev–Trinajstić information content (AvgIpc) is 2.58. The molecule has 2 aromatic heterocycles. The molecule has 0 aliphatic carbocycles. The van der Waals surface area contributed by atoms with E-state index in [4.69, 9.17) is 0 Å². The van der Waals surface area contributed by atoms with Crippen molar-refractivity contribution in [2.24, 2.45) is 0 Å². The minimum atomic E-state index is -4.55. The Labute approximate surface area is 135 Å². The van der Waals surface area contributed by atoms with Crippen LogP contribution in [0, 0.1) is 0 Å². The van der Waals surface area contributed by atoms with Gasteiger partial charge in [0.25, 0.3) is 5.91 Å². The fraction of sp³-hybridized carbons (Fsp3) is 0.118. The number of hydrogen-bond donors (Lipinski definition) is 0. The Morgan fingerprint density at radius 3 is 2.46 bits per heavy atom. The zero-order chi connectivity index (χ0) is 17.2. The highest BCUT2D eigenvalue weighted by atomic mass is 19.4. The van der Waals surface area contributed by atoms with Gasteiger partial charge in [0.2, 0.25) is 0 Å². The predicted molar refractivity (Wildman–Crippen MR) is 83.7 cm³/mol. The second kappa shape index (κ2) is 6.27. The predicted octanol–water partition coefficient (Wildman–Crippen LogP) is 3.84. The average molecular weight is 331 g/mol. The van der Waals surface area contributed by atoms with Crippen LogP contribution in [0.15, 0.2) is 60.9 Å². The molecule has 0 saturated heterocycles. The molecule has 3 rings (SSSR count). The highest BCUT2D eigenvalue weighted by Crippen LogP contribution is 2.25. The molecule has 0 atom stereocenters. The lowest BCUT2D eigenvalue weighted by molar-refractivity contribution is -0.118. The number of hydrogen-bond acceptors (Lipinski definition) is 3. The molecule has 0 radical (unpaired) electrons. The third-order valence-electron chi connectivity index (χ3n) is 3.38. The fourth-order valence-corrected chi connectivity index (χ4v) is 2.38. The molecule has 4 nitrogen and oxygen atoms in total. The first-order chi connectivity index (χ1) is 11.5. The maximum Gasteiger partial charge on any atom is 0.406 e. The van der Waals surface area contributed by atoms with E-state index in [0.717, 1.165) is 0 Å². The number of carbonyl (C=O) groups is 1. The summed E-state index contributed by atoms with van der Waals surface area (Å²) in [5.41, 5.74) is 0.687. The molecule has 0 aliphatic rings. The van der Waals surface area contributed by atoms with E-state index >= 15 is 0 Å². The van der Waals surface area contributed by atoms with Gasteiger partial charge >= 0.3 is 6.18 Å². The summed E-state index contributed by atoms with van der Waals surface area (Å²) in [6.07, 6.45) is -1.64. The summed E-state index contributed by atoms with van der Waals surface area (Å²) >= 11 is 0. The number of pyridine rings is 2. The van der Waals surface area contributed by atoms with Gasteiger partial charge in [-0.15, -0.1) is 0 Å². The summed E-state index contributed by atoms with van der Waals surface area (Å²) in [6, 6.07) is 12.5. The van der Waals surface area contributed by atoms with Crippen LogP contribution in [0.1, 0.15) is 10.4 Å². The van der Waals surface area contributed by atoms with Gasteiger partial charge in [0.05, 0.1) is 5.52 Å². The van der Waals surface area contributed by atoms with Gasteiger partial charge in [-0.25, -0.2) is 4.98 Å². The SMILES string of the molecule is O=C(c1cccc2ncccc12)N(CC(F)(F)F)c1ccccn1. The third kappa shape index (κ3) is 3.34. The number of halogens is 3. The first-order valence-electron chi connectivity index (χ1n) is 7.09. The second-order valence-electron chi connectivity index (χ2n) is 5.07. The standard InChI is InChI=1S/C17H12F3N3O/c18-17(19,20)11-23(15-8-1-2-9-22-15)16(24)13-5-3-7-14-12(13)6-4-10-21-14/h1-10H,11H2. The van der Waals surface area contributed by atoms with Gasteiger partial charge in [-0.2, -0.15) is 13.2 Å². The molecule has 0 saturated carbocycles. The topological polar surface area (TPSA) is 46.1 Å². The van der Waals surface area contributed by atoms with Gasteiger partial charge < -0.3 is 0 Å². The summed E-state index contributed by atoms with van der Waals surface area (Å²) in [4.78, 5) is 21.4. The normalized spacial score (nSPS) is 11.5. The van der Waals surface area contributed by atoms with Crippen LogP contribution in [0.4, 0.5) is 19.0 Å². The van der Waals surface area contributed by atoms with E-state index in [1.54, 1.807) is 36.5 Å². The molecule has 0 N–H and O–H groups in total. The van der Waals surface area contributed by atoms with Crippen molar-refractivity contribution in [3.63, 3.8) is 0 Å². The minimum Gasteiger partial charge on any atom is -0.283 e. The summed E-state index contributed by atoms with van der Waals surface area (Å²) in [5, 5.41) is 0.494. The van der Waals surface area contributed by atoms with Crippen molar-refractivity contribution in [3.8, 4) is 0 Å². The van der Waals surface area contributed by atoms with Crippen molar-refractivity contribution in [2.45, 2.75) is 6.18 Å². The van der Waals surface area contributed by atoms with Crippen LogP contribution in [-0.2, 0) is 0 Å². The number of anilines is 1. The molecular formula is C17H12F3N3O. The number of rotatable bonds is 3. The van der Waals surface area contributed by atoms with Crippen molar-refractivity contribution in [1.29, 1.82) is 0 Å². The lowest BCUT2D eigenvalue weighted by atomic mass is 10.1. The quantitative estimate of drug-likeness (QED) is 0.732. The largest absolute Gasteiger partial charge is 0.406 e. The van der Waals surface area contributed by atoms with Crippen LogP contribution in [0.5, 0.6) is 0 Å². The zero-order valence-corrected chi connectivity index (χ0v) is 12.4. The Balaban J connectivity index is 2.08. The molecule has 2 heterocycles. The molecule has 0 bridgehead atoms. The molecular weight excluding hydrogens is 319 g/mol. The Morgan fingerprint density at radius 2 is 1.75 bits per heavy atom. The molecule has 1 aromatic carbocycles. The maximum atomic E-state index is 12.9. The number of aromatic nitrogens is 2. The number of nitrogens with zero attached hydrogens (tertiary/aromatic N) is 3. The zero-order valence-electron chi connectivity index (χ0n) is 12.4. The summed E-state index contributed by atoms with van der Waals surface area (Å²) < 4.78 is 38.8. The van der Waals surface area contributed by atoms with E-state index in [2.05, 4.69) is 9.97 Å². The Bertz CT molecular complexity index is 860. The molecule has 24 heavy (non-hydrogen) atoms. The van der Waals surface area contributed by atoms with E-state index in [-0.39, 0.29) is 11.4 Å². The van der Waals surface area contributed by atoms with Gasteiger partial charge in [0.15, 0.2) is 0 Å². The minimum absolute atomic E-state index is 0.0549. The van der Waals surface area contributed by atoms with E-state index < -0.39 is 18.6 Å².